The van der Waals surface area contributed by atoms with Crippen LogP contribution in [0.5, 0.6) is 0 Å². The zero-order chi connectivity index (χ0) is 22.0. The van der Waals surface area contributed by atoms with E-state index in [9.17, 15) is 0 Å². The Kier molecular flexibility index (Phi) is 3.00. The molecule has 0 saturated heterocycles. The SMILES string of the molecule is c1ccc2c(c1)Cc1cc3c(cc1-2)Cc1cc2c(cc1-3)Cc1cccc3c4ccccc4n-2c13. The Bertz CT molecular complexity index is 1880. The lowest BCUT2D eigenvalue weighted by Gasteiger charge is -2.22. The van der Waals surface area contributed by atoms with Crippen molar-refractivity contribution in [2.75, 3.05) is 0 Å². The molecule has 0 bridgehead atoms. The van der Waals surface area contributed by atoms with Gasteiger partial charge in [-0.3, -0.25) is 0 Å². The fraction of sp³-hybridized carbons (Fsp3) is 0.0909. The molecule has 6 aromatic rings. The third-order valence-electron chi connectivity index (χ3n) is 8.39. The Hall–Kier alpha value is -4.10. The molecule has 0 saturated carbocycles. The summed E-state index contributed by atoms with van der Waals surface area (Å²) in [6, 6.07) is 34.6. The van der Waals surface area contributed by atoms with Crippen LogP contribution in [0.2, 0.25) is 0 Å². The van der Waals surface area contributed by atoms with Crippen LogP contribution in [-0.2, 0) is 19.3 Å². The van der Waals surface area contributed by atoms with E-state index in [1.54, 1.807) is 0 Å². The van der Waals surface area contributed by atoms with Crippen molar-refractivity contribution in [2.24, 2.45) is 0 Å². The molecule has 2 heterocycles. The monoisotopic (exact) mass is 431 g/mol. The standard InChI is InChI=1S/C33H21N/c1-2-8-25-19(6-1)12-21-16-29-22(15-28(21)25)14-23-18-32-24(17-30(23)29)13-20-7-5-10-27-26-9-3-4-11-31(26)34(32)33(20)27/h1-11,15-18H,12-14H2. The Morgan fingerprint density at radius 1 is 0.441 bits per heavy atom. The molecule has 5 aromatic carbocycles. The average Bonchev–Trinajstić information content (AvgIpc) is 3.52. The van der Waals surface area contributed by atoms with E-state index in [-0.39, 0.29) is 0 Å². The molecule has 0 unspecified atom stereocenters. The molecule has 158 valence electrons. The number of benzene rings is 5. The van der Waals surface area contributed by atoms with Crippen LogP contribution in [0.3, 0.4) is 0 Å². The van der Waals surface area contributed by atoms with E-state index in [0.29, 0.717) is 0 Å². The van der Waals surface area contributed by atoms with Crippen LogP contribution in [-0.4, -0.2) is 4.57 Å². The highest BCUT2D eigenvalue weighted by atomic mass is 15.0. The van der Waals surface area contributed by atoms with Gasteiger partial charge in [-0.1, -0.05) is 60.7 Å². The quantitative estimate of drug-likeness (QED) is 0.231. The van der Waals surface area contributed by atoms with E-state index >= 15 is 0 Å². The molecular weight excluding hydrogens is 410 g/mol. The number of rotatable bonds is 0. The Morgan fingerprint density at radius 3 is 1.97 bits per heavy atom. The Morgan fingerprint density at radius 2 is 1.06 bits per heavy atom. The number of hydrogen-bond donors (Lipinski definition) is 0. The summed E-state index contributed by atoms with van der Waals surface area (Å²) in [7, 11) is 0. The fourth-order valence-corrected chi connectivity index (χ4v) is 6.94. The van der Waals surface area contributed by atoms with Crippen molar-refractivity contribution in [3.63, 3.8) is 0 Å². The van der Waals surface area contributed by atoms with Crippen molar-refractivity contribution in [1.29, 1.82) is 0 Å². The van der Waals surface area contributed by atoms with Gasteiger partial charge in [0.2, 0.25) is 0 Å². The van der Waals surface area contributed by atoms with Crippen LogP contribution in [0.15, 0.2) is 91.0 Å². The average molecular weight is 432 g/mol. The highest BCUT2D eigenvalue weighted by molar-refractivity contribution is 6.11. The van der Waals surface area contributed by atoms with Crippen LogP contribution in [0.25, 0.3) is 49.7 Å². The van der Waals surface area contributed by atoms with E-state index in [4.69, 9.17) is 0 Å². The molecule has 34 heavy (non-hydrogen) atoms. The van der Waals surface area contributed by atoms with E-state index < -0.39 is 0 Å². The molecule has 9 rings (SSSR count). The first kappa shape index (κ1) is 17.4. The van der Waals surface area contributed by atoms with Crippen LogP contribution in [0.4, 0.5) is 0 Å². The predicted molar refractivity (Wildman–Crippen MR) is 140 cm³/mol. The van der Waals surface area contributed by atoms with Gasteiger partial charge in [-0.05, 0) is 98.8 Å². The molecule has 0 spiro atoms. The maximum atomic E-state index is 2.53. The third kappa shape index (κ3) is 2.02. The van der Waals surface area contributed by atoms with Gasteiger partial charge in [-0.15, -0.1) is 0 Å². The van der Waals surface area contributed by atoms with Crippen molar-refractivity contribution in [3.05, 3.63) is 124 Å². The van der Waals surface area contributed by atoms with Crippen molar-refractivity contribution in [2.45, 2.75) is 19.3 Å². The lowest BCUT2D eigenvalue weighted by molar-refractivity contribution is 1.04. The zero-order valence-corrected chi connectivity index (χ0v) is 18.7. The molecule has 1 nitrogen and oxygen atoms in total. The summed E-state index contributed by atoms with van der Waals surface area (Å²) in [6.07, 6.45) is 3.08. The second kappa shape index (κ2) is 5.87. The van der Waals surface area contributed by atoms with Crippen molar-refractivity contribution in [1.82, 2.24) is 4.57 Å². The minimum atomic E-state index is 1.00. The normalized spacial score (nSPS) is 14.1. The lowest BCUT2D eigenvalue weighted by atomic mass is 9.93. The summed E-state index contributed by atoms with van der Waals surface area (Å²) < 4.78 is 2.53. The number of fused-ring (bicyclic) bond motifs is 11. The summed E-state index contributed by atoms with van der Waals surface area (Å²) in [4.78, 5) is 0. The minimum absolute atomic E-state index is 1.00. The number of hydrogen-bond acceptors (Lipinski definition) is 0. The van der Waals surface area contributed by atoms with Crippen molar-refractivity contribution >= 4 is 21.8 Å². The third-order valence-corrected chi connectivity index (χ3v) is 8.39. The van der Waals surface area contributed by atoms with Crippen molar-refractivity contribution in [3.8, 4) is 27.9 Å². The topological polar surface area (TPSA) is 4.93 Å². The van der Waals surface area contributed by atoms with Crippen LogP contribution < -0.4 is 0 Å². The molecule has 1 heteroatoms. The maximum Gasteiger partial charge on any atom is 0.0576 e. The second-order valence-electron chi connectivity index (χ2n) is 10.2. The van der Waals surface area contributed by atoms with Gasteiger partial charge in [0.15, 0.2) is 0 Å². The van der Waals surface area contributed by atoms with E-state index in [2.05, 4.69) is 95.6 Å². The summed E-state index contributed by atoms with van der Waals surface area (Å²) in [5, 5.41) is 2.73. The molecule has 2 aliphatic carbocycles. The molecule has 0 N–H and O–H groups in total. The van der Waals surface area contributed by atoms with Crippen LogP contribution in [0.1, 0.15) is 33.4 Å². The van der Waals surface area contributed by atoms with Gasteiger partial charge >= 0.3 is 0 Å². The van der Waals surface area contributed by atoms with Gasteiger partial charge in [0.1, 0.15) is 0 Å². The Balaban J connectivity index is 1.28. The number of para-hydroxylation sites is 2. The number of nitrogens with zero attached hydrogens (tertiary/aromatic N) is 1. The predicted octanol–water partition coefficient (Wildman–Crippen LogP) is 7.83. The summed E-state index contributed by atoms with van der Waals surface area (Å²) >= 11 is 0. The van der Waals surface area contributed by atoms with Crippen LogP contribution in [0, 0.1) is 0 Å². The zero-order valence-electron chi connectivity index (χ0n) is 18.7. The first-order chi connectivity index (χ1) is 16.8. The van der Waals surface area contributed by atoms with Crippen LogP contribution >= 0.6 is 0 Å². The summed E-state index contributed by atoms with van der Waals surface area (Å²) in [5.74, 6) is 0. The van der Waals surface area contributed by atoms with Gasteiger partial charge in [-0.25, -0.2) is 0 Å². The molecule has 0 atom stereocenters. The first-order valence-electron chi connectivity index (χ1n) is 12.3. The van der Waals surface area contributed by atoms with Gasteiger partial charge in [0.25, 0.3) is 0 Å². The van der Waals surface area contributed by atoms with Crippen molar-refractivity contribution < 1.29 is 0 Å². The highest BCUT2D eigenvalue weighted by Crippen LogP contribution is 2.47. The molecule has 3 aliphatic rings. The van der Waals surface area contributed by atoms with Gasteiger partial charge in [0.05, 0.1) is 16.7 Å². The molecule has 0 amide bonds. The number of aromatic nitrogens is 1. The second-order valence-corrected chi connectivity index (χ2v) is 10.2. The maximum absolute atomic E-state index is 2.53. The van der Waals surface area contributed by atoms with E-state index in [1.165, 1.54) is 83.1 Å². The largest absolute Gasteiger partial charge is 0.309 e. The highest BCUT2D eigenvalue weighted by Gasteiger charge is 2.28. The van der Waals surface area contributed by atoms with E-state index in [1.807, 2.05) is 0 Å². The first-order valence-corrected chi connectivity index (χ1v) is 12.3. The molecular formula is C33H21N. The smallest absolute Gasteiger partial charge is 0.0576 e. The van der Waals surface area contributed by atoms with Gasteiger partial charge in [0, 0.05) is 17.2 Å². The minimum Gasteiger partial charge on any atom is -0.309 e. The fourth-order valence-electron chi connectivity index (χ4n) is 6.94. The molecule has 1 aliphatic heterocycles. The van der Waals surface area contributed by atoms with Gasteiger partial charge < -0.3 is 4.57 Å². The molecule has 0 fully saturated rings. The lowest BCUT2D eigenvalue weighted by Crippen LogP contribution is -2.08. The summed E-state index contributed by atoms with van der Waals surface area (Å²) in [6.45, 7) is 0. The summed E-state index contributed by atoms with van der Waals surface area (Å²) in [5.41, 5.74) is 18.6. The molecule has 1 aromatic heterocycles. The van der Waals surface area contributed by atoms with Gasteiger partial charge in [-0.2, -0.15) is 0 Å². The van der Waals surface area contributed by atoms with E-state index in [0.717, 1.165) is 19.3 Å². The molecule has 0 radical (unpaired) electrons. The Labute approximate surface area is 197 Å².